The molecule has 1 fully saturated rings. The summed E-state index contributed by atoms with van der Waals surface area (Å²) in [6, 6.07) is 6.69. The first-order chi connectivity index (χ1) is 15.2. The summed E-state index contributed by atoms with van der Waals surface area (Å²) in [7, 11) is 1.26. The van der Waals surface area contributed by atoms with Crippen molar-refractivity contribution in [1.82, 2.24) is 15.1 Å². The van der Waals surface area contributed by atoms with E-state index in [9.17, 15) is 14.4 Å². The van der Waals surface area contributed by atoms with Crippen LogP contribution in [0.2, 0.25) is 5.02 Å². The number of methoxy groups -OCH3 is 1. The van der Waals surface area contributed by atoms with Crippen LogP contribution in [0.4, 0.5) is 5.69 Å². The number of aromatic nitrogens is 2. The quantitative estimate of drug-likeness (QED) is 0.708. The molecule has 1 N–H and O–H groups in total. The first-order valence-electron chi connectivity index (χ1n) is 10.8. The van der Waals surface area contributed by atoms with Crippen molar-refractivity contribution < 1.29 is 19.1 Å². The Labute approximate surface area is 191 Å². The fourth-order valence-electron chi connectivity index (χ4n) is 4.62. The SMILES string of the molecule is COC(=O)c1cc2n(n1)CC(C)(C(=O)NC1CCCCC1)N(c1ccc(Cl)cc1C)C2=O. The highest BCUT2D eigenvalue weighted by Crippen LogP contribution is 2.36. The fourth-order valence-corrected chi connectivity index (χ4v) is 4.85. The third-order valence-electron chi connectivity index (χ3n) is 6.38. The summed E-state index contributed by atoms with van der Waals surface area (Å²) in [6.07, 6.45) is 5.18. The Morgan fingerprint density at radius 1 is 1.22 bits per heavy atom. The number of amides is 2. The van der Waals surface area contributed by atoms with Crippen LogP contribution in [0.1, 0.15) is 65.6 Å². The van der Waals surface area contributed by atoms with Crippen LogP contribution >= 0.6 is 11.6 Å². The summed E-state index contributed by atoms with van der Waals surface area (Å²) in [4.78, 5) is 40.9. The highest BCUT2D eigenvalue weighted by molar-refractivity contribution is 6.30. The van der Waals surface area contributed by atoms with E-state index in [4.69, 9.17) is 16.3 Å². The molecule has 1 aliphatic carbocycles. The van der Waals surface area contributed by atoms with Crippen LogP contribution in [0.25, 0.3) is 0 Å². The average molecular weight is 459 g/mol. The number of benzene rings is 1. The van der Waals surface area contributed by atoms with Crippen molar-refractivity contribution in [3.8, 4) is 0 Å². The van der Waals surface area contributed by atoms with E-state index in [0.717, 1.165) is 31.2 Å². The number of nitrogens with zero attached hydrogens (tertiary/aromatic N) is 3. The van der Waals surface area contributed by atoms with E-state index in [2.05, 4.69) is 10.4 Å². The minimum absolute atomic E-state index is 0.0283. The van der Waals surface area contributed by atoms with E-state index < -0.39 is 17.4 Å². The molecule has 2 aromatic rings. The lowest BCUT2D eigenvalue weighted by atomic mass is 9.90. The van der Waals surface area contributed by atoms with Gasteiger partial charge in [0.05, 0.1) is 13.7 Å². The molecule has 2 heterocycles. The zero-order chi connectivity index (χ0) is 23.0. The number of esters is 1. The molecule has 2 amide bonds. The molecule has 1 aromatic heterocycles. The highest BCUT2D eigenvalue weighted by atomic mass is 35.5. The highest BCUT2D eigenvalue weighted by Gasteiger charge is 2.50. The van der Waals surface area contributed by atoms with Gasteiger partial charge in [-0.25, -0.2) is 4.79 Å². The number of hydrogen-bond donors (Lipinski definition) is 1. The summed E-state index contributed by atoms with van der Waals surface area (Å²) >= 11 is 6.14. The lowest BCUT2D eigenvalue weighted by Crippen LogP contribution is -2.65. The second-order valence-electron chi connectivity index (χ2n) is 8.72. The van der Waals surface area contributed by atoms with Crippen LogP contribution < -0.4 is 10.2 Å². The van der Waals surface area contributed by atoms with E-state index in [1.165, 1.54) is 29.2 Å². The van der Waals surface area contributed by atoms with Gasteiger partial charge < -0.3 is 10.1 Å². The minimum Gasteiger partial charge on any atom is -0.464 e. The van der Waals surface area contributed by atoms with Crippen molar-refractivity contribution in [2.75, 3.05) is 12.0 Å². The van der Waals surface area contributed by atoms with Gasteiger partial charge in [-0.3, -0.25) is 19.2 Å². The third-order valence-corrected chi connectivity index (χ3v) is 6.61. The van der Waals surface area contributed by atoms with Gasteiger partial charge in [0.2, 0.25) is 5.91 Å². The molecular weight excluding hydrogens is 432 g/mol. The predicted molar refractivity (Wildman–Crippen MR) is 120 cm³/mol. The molecule has 1 unspecified atom stereocenters. The van der Waals surface area contributed by atoms with Gasteiger partial charge in [0.25, 0.3) is 5.91 Å². The number of anilines is 1. The van der Waals surface area contributed by atoms with Crippen LogP contribution in [-0.4, -0.2) is 46.3 Å². The Morgan fingerprint density at radius 2 is 1.94 bits per heavy atom. The van der Waals surface area contributed by atoms with Crippen molar-refractivity contribution in [2.24, 2.45) is 0 Å². The van der Waals surface area contributed by atoms with Gasteiger partial charge >= 0.3 is 5.97 Å². The number of ether oxygens (including phenoxy) is 1. The number of hydrogen-bond acceptors (Lipinski definition) is 5. The molecule has 0 bridgehead atoms. The smallest absolute Gasteiger partial charge is 0.358 e. The van der Waals surface area contributed by atoms with Gasteiger partial charge in [0.15, 0.2) is 5.69 Å². The Kier molecular flexibility index (Phi) is 5.99. The van der Waals surface area contributed by atoms with Gasteiger partial charge in [-0.05, 0) is 50.5 Å². The van der Waals surface area contributed by atoms with Gasteiger partial charge in [0, 0.05) is 22.8 Å². The zero-order valence-corrected chi connectivity index (χ0v) is 19.2. The molecule has 2 aliphatic rings. The normalized spacial score (nSPS) is 21.2. The molecule has 1 aliphatic heterocycles. The maximum atomic E-state index is 13.7. The van der Waals surface area contributed by atoms with E-state index in [0.29, 0.717) is 10.7 Å². The number of halogens is 1. The molecule has 0 spiro atoms. The van der Waals surface area contributed by atoms with Gasteiger partial charge in [0.1, 0.15) is 11.2 Å². The number of fused-ring (bicyclic) bond motifs is 1. The molecule has 4 rings (SSSR count). The van der Waals surface area contributed by atoms with Crippen LogP contribution in [-0.2, 0) is 16.1 Å². The summed E-state index contributed by atoms with van der Waals surface area (Å²) in [5, 5.41) is 7.96. The molecule has 0 radical (unpaired) electrons. The standard InChI is InChI=1S/C23H27ClN4O4/c1-14-11-15(24)9-10-18(14)28-20(29)19-12-17(21(30)32-3)26-27(19)13-23(28,2)22(31)25-16-7-5-4-6-8-16/h9-12,16H,4-8,13H2,1-3H3,(H,25,31). The molecule has 0 saturated heterocycles. The van der Waals surface area contributed by atoms with Crippen molar-refractivity contribution in [3.63, 3.8) is 0 Å². The molecule has 1 atom stereocenters. The van der Waals surface area contributed by atoms with Crippen molar-refractivity contribution >= 4 is 35.1 Å². The van der Waals surface area contributed by atoms with Gasteiger partial charge in [-0.1, -0.05) is 30.9 Å². The maximum absolute atomic E-state index is 13.7. The van der Waals surface area contributed by atoms with Gasteiger partial charge in [-0.2, -0.15) is 5.10 Å². The minimum atomic E-state index is -1.25. The monoisotopic (exact) mass is 458 g/mol. The van der Waals surface area contributed by atoms with Crippen LogP contribution in [0.5, 0.6) is 0 Å². The molecule has 32 heavy (non-hydrogen) atoms. The van der Waals surface area contributed by atoms with Gasteiger partial charge in [-0.15, -0.1) is 0 Å². The second kappa shape index (κ2) is 8.58. The van der Waals surface area contributed by atoms with Crippen molar-refractivity contribution in [1.29, 1.82) is 0 Å². The molecule has 1 saturated carbocycles. The Hall–Kier alpha value is -2.87. The zero-order valence-electron chi connectivity index (χ0n) is 18.5. The maximum Gasteiger partial charge on any atom is 0.358 e. The number of carbonyl (C=O) groups excluding carboxylic acids is 3. The topological polar surface area (TPSA) is 93.5 Å². The second-order valence-corrected chi connectivity index (χ2v) is 9.15. The van der Waals surface area contributed by atoms with E-state index in [1.54, 1.807) is 25.1 Å². The molecule has 9 heteroatoms. The Bertz CT molecular complexity index is 1080. The Morgan fingerprint density at radius 3 is 2.59 bits per heavy atom. The first-order valence-corrected chi connectivity index (χ1v) is 11.2. The van der Waals surface area contributed by atoms with E-state index in [1.807, 2.05) is 6.92 Å². The van der Waals surface area contributed by atoms with Crippen molar-refractivity contribution in [2.45, 2.75) is 64.1 Å². The molecule has 170 valence electrons. The summed E-state index contributed by atoms with van der Waals surface area (Å²) in [5.74, 6) is -1.29. The van der Waals surface area contributed by atoms with Crippen LogP contribution in [0.15, 0.2) is 24.3 Å². The summed E-state index contributed by atoms with van der Waals surface area (Å²) < 4.78 is 6.19. The Balaban J connectivity index is 1.78. The summed E-state index contributed by atoms with van der Waals surface area (Å²) in [6.45, 7) is 3.69. The number of rotatable bonds is 4. The van der Waals surface area contributed by atoms with E-state index >= 15 is 0 Å². The predicted octanol–water partition coefficient (Wildman–Crippen LogP) is 3.50. The average Bonchev–Trinajstić information content (AvgIpc) is 3.19. The molecular formula is C23H27ClN4O4. The number of aryl methyl sites for hydroxylation is 1. The van der Waals surface area contributed by atoms with Crippen molar-refractivity contribution in [3.05, 3.63) is 46.2 Å². The lowest BCUT2D eigenvalue weighted by Gasteiger charge is -2.44. The van der Waals surface area contributed by atoms with E-state index in [-0.39, 0.29) is 29.9 Å². The summed E-state index contributed by atoms with van der Waals surface area (Å²) in [5.41, 5.74) is 0.360. The largest absolute Gasteiger partial charge is 0.464 e. The number of nitrogens with one attached hydrogen (secondary N) is 1. The number of carbonyl (C=O) groups is 3. The first kappa shape index (κ1) is 22.3. The third kappa shape index (κ3) is 3.88. The fraction of sp³-hybridized carbons (Fsp3) is 0.478. The molecule has 8 nitrogen and oxygen atoms in total. The van der Waals surface area contributed by atoms with Crippen LogP contribution in [0, 0.1) is 6.92 Å². The lowest BCUT2D eigenvalue weighted by molar-refractivity contribution is -0.127. The van der Waals surface area contributed by atoms with Crippen LogP contribution in [0.3, 0.4) is 0 Å². The molecule has 1 aromatic carbocycles.